The van der Waals surface area contributed by atoms with Gasteiger partial charge < -0.3 is 15.3 Å². The van der Waals surface area contributed by atoms with E-state index in [-0.39, 0.29) is 0 Å². The average Bonchev–Trinajstić information content (AvgIpc) is 2.88. The summed E-state index contributed by atoms with van der Waals surface area (Å²) in [5, 5.41) is 15.5. The summed E-state index contributed by atoms with van der Waals surface area (Å²) in [6.45, 7) is 4.10. The van der Waals surface area contributed by atoms with E-state index >= 15 is 0 Å². The molecule has 1 atom stereocenters. The van der Waals surface area contributed by atoms with Crippen molar-refractivity contribution in [2.75, 3.05) is 11.9 Å². The van der Waals surface area contributed by atoms with Gasteiger partial charge in [0.2, 0.25) is 0 Å². The van der Waals surface area contributed by atoms with Crippen LogP contribution in [0.5, 0.6) is 0 Å². The maximum absolute atomic E-state index is 11.4. The number of carboxylic acid groups (broad SMARTS) is 1. The van der Waals surface area contributed by atoms with Crippen molar-refractivity contribution in [2.24, 2.45) is 16.1 Å². The highest BCUT2D eigenvalue weighted by Crippen LogP contribution is 2.32. The second-order valence-electron chi connectivity index (χ2n) is 5.57. The van der Waals surface area contributed by atoms with Gasteiger partial charge in [-0.1, -0.05) is 6.07 Å². The third-order valence-corrected chi connectivity index (χ3v) is 4.11. The fourth-order valence-electron chi connectivity index (χ4n) is 2.81. The quantitative estimate of drug-likeness (QED) is 0.837. The Balaban J connectivity index is 1.97. The van der Waals surface area contributed by atoms with Crippen LogP contribution in [0.4, 0.5) is 11.4 Å². The lowest BCUT2D eigenvalue weighted by Crippen LogP contribution is -2.28. The zero-order chi connectivity index (χ0) is 16.6. The van der Waals surface area contributed by atoms with Crippen molar-refractivity contribution in [1.82, 2.24) is 4.90 Å². The van der Waals surface area contributed by atoms with Crippen LogP contribution in [-0.2, 0) is 4.79 Å². The number of carboxylic acids is 1. The molecule has 0 bridgehead atoms. The number of anilines is 1. The molecule has 0 aliphatic carbocycles. The number of aliphatic imine (C=N–C) groups is 1. The fraction of sp³-hybridized carbons (Fsp3) is 0.250. The Hall–Kier alpha value is -2.96. The standard InChI is InChI=1S/C16H16N4O3/c1-9-3-4-11(19-23)7-13(9)18-15-14-10(2)12(16(21)22)8-20(14)6-5-17-15/h3-7,12H,8H2,1-2H3,(H,17,18)(H,21,22). The molecule has 2 aliphatic heterocycles. The lowest BCUT2D eigenvalue weighted by Gasteiger charge is -2.23. The number of nitroso groups, excluding NO2 is 1. The molecule has 7 nitrogen and oxygen atoms in total. The zero-order valence-electron chi connectivity index (χ0n) is 12.8. The van der Waals surface area contributed by atoms with Crippen LogP contribution >= 0.6 is 0 Å². The fourth-order valence-corrected chi connectivity index (χ4v) is 2.81. The highest BCUT2D eigenvalue weighted by molar-refractivity contribution is 6.10. The van der Waals surface area contributed by atoms with E-state index in [1.165, 1.54) is 0 Å². The molecular weight excluding hydrogens is 296 g/mol. The van der Waals surface area contributed by atoms with Gasteiger partial charge in [-0.05, 0) is 42.3 Å². The Morgan fingerprint density at radius 1 is 1.43 bits per heavy atom. The van der Waals surface area contributed by atoms with Crippen LogP contribution in [-0.4, -0.2) is 28.4 Å². The van der Waals surface area contributed by atoms with E-state index in [1.54, 1.807) is 37.5 Å². The van der Waals surface area contributed by atoms with Gasteiger partial charge in [-0.25, -0.2) is 4.99 Å². The van der Waals surface area contributed by atoms with Crippen molar-refractivity contribution >= 4 is 23.2 Å². The molecule has 0 radical (unpaired) electrons. The maximum atomic E-state index is 11.4. The number of amidine groups is 1. The molecule has 7 heteroatoms. The first-order valence-electron chi connectivity index (χ1n) is 7.17. The number of aliphatic carboxylic acids is 1. The van der Waals surface area contributed by atoms with E-state index in [0.29, 0.717) is 18.1 Å². The predicted octanol–water partition coefficient (Wildman–Crippen LogP) is 2.98. The van der Waals surface area contributed by atoms with Gasteiger partial charge in [-0.2, -0.15) is 0 Å². The molecule has 2 N–H and O–H groups in total. The maximum Gasteiger partial charge on any atom is 0.312 e. The molecule has 0 saturated heterocycles. The van der Waals surface area contributed by atoms with Gasteiger partial charge in [-0.3, -0.25) is 4.79 Å². The van der Waals surface area contributed by atoms with Crippen LogP contribution in [0.25, 0.3) is 0 Å². The number of fused-ring (bicyclic) bond motifs is 1. The summed E-state index contributed by atoms with van der Waals surface area (Å²) in [5.74, 6) is -0.829. The van der Waals surface area contributed by atoms with Crippen molar-refractivity contribution < 1.29 is 9.90 Å². The summed E-state index contributed by atoms with van der Waals surface area (Å²) in [4.78, 5) is 28.3. The number of nitrogens with zero attached hydrogens (tertiary/aromatic N) is 3. The number of nitrogens with one attached hydrogen (secondary N) is 1. The van der Waals surface area contributed by atoms with E-state index in [9.17, 15) is 14.8 Å². The molecule has 1 aromatic carbocycles. The van der Waals surface area contributed by atoms with Crippen molar-refractivity contribution in [3.05, 3.63) is 52.3 Å². The molecule has 0 aromatic heterocycles. The van der Waals surface area contributed by atoms with Gasteiger partial charge >= 0.3 is 5.97 Å². The molecule has 1 unspecified atom stereocenters. The van der Waals surface area contributed by atoms with Crippen molar-refractivity contribution in [3.63, 3.8) is 0 Å². The number of carbonyl (C=O) groups is 1. The van der Waals surface area contributed by atoms with Gasteiger partial charge in [0.15, 0.2) is 5.84 Å². The van der Waals surface area contributed by atoms with Crippen molar-refractivity contribution in [3.8, 4) is 0 Å². The van der Waals surface area contributed by atoms with Crippen LogP contribution in [0.1, 0.15) is 12.5 Å². The summed E-state index contributed by atoms with van der Waals surface area (Å²) in [7, 11) is 0. The third kappa shape index (κ3) is 2.61. The van der Waals surface area contributed by atoms with E-state index < -0.39 is 11.9 Å². The number of rotatable bonds is 3. The van der Waals surface area contributed by atoms with Gasteiger partial charge in [0.05, 0.1) is 11.6 Å². The van der Waals surface area contributed by atoms with Crippen LogP contribution < -0.4 is 5.32 Å². The van der Waals surface area contributed by atoms with Crippen LogP contribution in [0.15, 0.2) is 52.0 Å². The smallest absolute Gasteiger partial charge is 0.312 e. The van der Waals surface area contributed by atoms with Crippen LogP contribution in [0.3, 0.4) is 0 Å². The Kier molecular flexibility index (Phi) is 3.69. The van der Waals surface area contributed by atoms with E-state index in [2.05, 4.69) is 15.5 Å². The normalized spacial score (nSPS) is 19.5. The molecule has 0 spiro atoms. The minimum Gasteiger partial charge on any atom is -0.481 e. The number of aryl methyl sites for hydroxylation is 1. The summed E-state index contributed by atoms with van der Waals surface area (Å²) >= 11 is 0. The molecule has 118 valence electrons. The second kappa shape index (κ2) is 5.68. The lowest BCUT2D eigenvalue weighted by molar-refractivity contribution is -0.140. The average molecular weight is 312 g/mol. The summed E-state index contributed by atoms with van der Waals surface area (Å²) in [6, 6.07) is 5.09. The van der Waals surface area contributed by atoms with Gasteiger partial charge in [0.25, 0.3) is 0 Å². The van der Waals surface area contributed by atoms with E-state index in [0.717, 1.165) is 22.5 Å². The molecule has 0 fully saturated rings. The summed E-state index contributed by atoms with van der Waals surface area (Å²) < 4.78 is 0. The van der Waals surface area contributed by atoms with E-state index in [1.807, 2.05) is 11.8 Å². The largest absolute Gasteiger partial charge is 0.481 e. The summed E-state index contributed by atoms with van der Waals surface area (Å²) in [5.41, 5.74) is 3.50. The van der Waals surface area contributed by atoms with E-state index in [4.69, 9.17) is 0 Å². The highest BCUT2D eigenvalue weighted by Gasteiger charge is 2.36. The first-order chi connectivity index (χ1) is 11.0. The van der Waals surface area contributed by atoms with Gasteiger partial charge in [-0.15, -0.1) is 4.91 Å². The Morgan fingerprint density at radius 2 is 2.22 bits per heavy atom. The Bertz CT molecular complexity index is 780. The Labute approximate surface area is 133 Å². The molecule has 1 aromatic rings. The monoisotopic (exact) mass is 312 g/mol. The molecular formula is C16H16N4O3. The van der Waals surface area contributed by atoms with Crippen molar-refractivity contribution in [1.29, 1.82) is 0 Å². The third-order valence-electron chi connectivity index (χ3n) is 4.11. The molecule has 23 heavy (non-hydrogen) atoms. The van der Waals surface area contributed by atoms with Crippen molar-refractivity contribution in [2.45, 2.75) is 13.8 Å². The lowest BCUT2D eigenvalue weighted by atomic mass is 10.0. The highest BCUT2D eigenvalue weighted by atomic mass is 16.4. The van der Waals surface area contributed by atoms with Crippen LogP contribution in [0, 0.1) is 17.7 Å². The minimum absolute atomic E-state index is 0.322. The number of hydrogen-bond acceptors (Lipinski definition) is 6. The SMILES string of the molecule is CC1=C2C(Nc3cc(N=O)ccc3C)=NC=CN2CC1C(=O)O. The first kappa shape index (κ1) is 15.0. The summed E-state index contributed by atoms with van der Waals surface area (Å²) in [6.07, 6.45) is 3.39. The molecule has 2 aliphatic rings. The predicted molar refractivity (Wildman–Crippen MR) is 87.4 cm³/mol. The molecule has 0 amide bonds. The molecule has 0 saturated carbocycles. The molecule has 3 rings (SSSR count). The second-order valence-corrected chi connectivity index (χ2v) is 5.57. The van der Waals surface area contributed by atoms with Gasteiger partial charge in [0, 0.05) is 24.6 Å². The Morgan fingerprint density at radius 3 is 2.91 bits per heavy atom. The van der Waals surface area contributed by atoms with Crippen LogP contribution in [0.2, 0.25) is 0 Å². The molecule has 2 heterocycles. The topological polar surface area (TPSA) is 94.4 Å². The number of hydrogen-bond donors (Lipinski definition) is 2. The first-order valence-corrected chi connectivity index (χ1v) is 7.17. The minimum atomic E-state index is -0.847. The zero-order valence-corrected chi connectivity index (χ0v) is 12.8. The number of benzene rings is 1. The van der Waals surface area contributed by atoms with Gasteiger partial charge in [0.1, 0.15) is 5.69 Å².